The number of benzene rings is 1. The highest BCUT2D eigenvalue weighted by Crippen LogP contribution is 2.40. The minimum Gasteiger partial charge on any atom is -0.508 e. The fourth-order valence-electron chi connectivity index (χ4n) is 4.34. The predicted octanol–water partition coefficient (Wildman–Crippen LogP) is 5.09. The fourth-order valence-corrected chi connectivity index (χ4v) is 4.34. The number of carbonyl (C=O) groups excluding carboxylic acids is 1. The Balaban J connectivity index is 1.81. The molecule has 0 spiro atoms. The number of carbonyl (C=O) groups is 1. The third-order valence-corrected chi connectivity index (χ3v) is 6.23. The minimum absolute atomic E-state index is 0.0869. The van der Waals surface area contributed by atoms with Crippen LogP contribution >= 0.6 is 0 Å². The van der Waals surface area contributed by atoms with Gasteiger partial charge in [0.25, 0.3) is 0 Å². The molecule has 1 aromatic carbocycles. The van der Waals surface area contributed by atoms with E-state index in [0.717, 1.165) is 18.2 Å². The number of nitrogens with zero attached hydrogens (tertiary/aromatic N) is 4. The van der Waals surface area contributed by atoms with Crippen LogP contribution in [0.3, 0.4) is 0 Å². The van der Waals surface area contributed by atoms with Crippen LogP contribution in [0.4, 0.5) is 23.8 Å². The van der Waals surface area contributed by atoms with Gasteiger partial charge in [0.05, 0.1) is 29.6 Å². The van der Waals surface area contributed by atoms with Gasteiger partial charge in [-0.25, -0.2) is 14.8 Å². The minimum atomic E-state index is -4.69. The van der Waals surface area contributed by atoms with Crippen LogP contribution in [-0.4, -0.2) is 57.5 Å². The Hall–Kier alpha value is -3.83. The number of aromatic nitrogens is 3. The second-order valence-electron chi connectivity index (χ2n) is 8.67. The number of phenolic OH excluding ortho intramolecular Hbond substituents is 1. The van der Waals surface area contributed by atoms with Crippen molar-refractivity contribution in [2.75, 3.05) is 25.5 Å². The number of phenols is 1. The van der Waals surface area contributed by atoms with E-state index >= 15 is 0 Å². The predicted molar refractivity (Wildman–Crippen MR) is 124 cm³/mol. The summed E-state index contributed by atoms with van der Waals surface area (Å²) in [5.41, 5.74) is 0.766. The molecule has 9 nitrogen and oxygen atoms in total. The number of rotatable bonds is 4. The van der Waals surface area contributed by atoms with Crippen LogP contribution in [0.1, 0.15) is 35.4 Å². The van der Waals surface area contributed by atoms with Crippen molar-refractivity contribution in [2.24, 2.45) is 0 Å². The van der Waals surface area contributed by atoms with E-state index < -0.39 is 17.8 Å². The Morgan fingerprint density at radius 3 is 2.47 bits per heavy atom. The van der Waals surface area contributed by atoms with E-state index in [0.29, 0.717) is 60.0 Å². The number of aryl methyl sites for hydroxylation is 2. The second kappa shape index (κ2) is 9.67. The van der Waals surface area contributed by atoms with Crippen LogP contribution in [0.5, 0.6) is 5.75 Å². The summed E-state index contributed by atoms with van der Waals surface area (Å²) < 4.78 is 51.5. The van der Waals surface area contributed by atoms with Crippen LogP contribution in [0.2, 0.25) is 0 Å². The largest absolute Gasteiger partial charge is 0.508 e. The van der Waals surface area contributed by atoms with E-state index in [1.54, 1.807) is 25.7 Å². The van der Waals surface area contributed by atoms with Gasteiger partial charge in [-0.2, -0.15) is 13.2 Å². The zero-order valence-corrected chi connectivity index (χ0v) is 20.2. The van der Waals surface area contributed by atoms with E-state index in [4.69, 9.17) is 9.26 Å². The molecule has 0 saturated carbocycles. The van der Waals surface area contributed by atoms with Crippen molar-refractivity contribution in [1.29, 1.82) is 0 Å². The topological polar surface area (TPSA) is 114 Å². The summed E-state index contributed by atoms with van der Waals surface area (Å²) in [6, 6.07) is 2.70. The zero-order chi connectivity index (χ0) is 26.2. The molecule has 4 rings (SSSR count). The van der Waals surface area contributed by atoms with Gasteiger partial charge in [0, 0.05) is 30.3 Å². The Morgan fingerprint density at radius 1 is 1.19 bits per heavy atom. The van der Waals surface area contributed by atoms with Crippen molar-refractivity contribution in [3.8, 4) is 28.4 Å². The molecule has 0 atom stereocenters. The number of hydrogen-bond donors (Lipinski definition) is 2. The molecule has 1 aliphatic rings. The van der Waals surface area contributed by atoms with E-state index in [1.165, 1.54) is 7.11 Å². The van der Waals surface area contributed by atoms with Gasteiger partial charge < -0.3 is 24.6 Å². The lowest BCUT2D eigenvalue weighted by Gasteiger charge is -2.32. The van der Waals surface area contributed by atoms with Crippen molar-refractivity contribution in [2.45, 2.75) is 45.8 Å². The fraction of sp³-hybridized carbons (Fsp3) is 0.417. The third kappa shape index (κ3) is 4.93. The molecule has 0 radical (unpaired) electrons. The average molecular weight is 505 g/mol. The number of likely N-dealkylation sites (tertiary alicyclic amines) is 1. The van der Waals surface area contributed by atoms with Crippen LogP contribution in [0.15, 0.2) is 22.7 Å². The summed E-state index contributed by atoms with van der Waals surface area (Å²) in [4.78, 5) is 22.3. The molecule has 2 aromatic heterocycles. The van der Waals surface area contributed by atoms with E-state index in [-0.39, 0.29) is 23.2 Å². The first-order valence-corrected chi connectivity index (χ1v) is 11.3. The molecule has 0 bridgehead atoms. The molecule has 1 fully saturated rings. The molecule has 36 heavy (non-hydrogen) atoms. The smallest absolute Gasteiger partial charge is 0.417 e. The van der Waals surface area contributed by atoms with Crippen LogP contribution in [-0.2, 0) is 10.9 Å². The van der Waals surface area contributed by atoms with Gasteiger partial charge in [-0.15, -0.1) is 0 Å². The lowest BCUT2D eigenvalue weighted by atomic mass is 10.0. The second-order valence-corrected chi connectivity index (χ2v) is 8.67. The van der Waals surface area contributed by atoms with Gasteiger partial charge in [0.1, 0.15) is 17.3 Å². The highest BCUT2D eigenvalue weighted by molar-refractivity contribution is 5.75. The summed E-state index contributed by atoms with van der Waals surface area (Å²) in [6.07, 6.45) is -3.91. The average Bonchev–Trinajstić information content (AvgIpc) is 3.17. The van der Waals surface area contributed by atoms with E-state index in [2.05, 4.69) is 20.4 Å². The Labute approximate surface area is 205 Å². The first kappa shape index (κ1) is 25.3. The number of ether oxygens (including phenoxy) is 1. The Bertz CT molecular complexity index is 1260. The van der Waals surface area contributed by atoms with Crippen molar-refractivity contribution < 1.29 is 32.3 Å². The standard InChI is InChI=1S/C24H26F3N5O4/c1-12-20(19-13(2)31-36-14(19)3)29-22(17-11-16(33)5-6-18(17)24(25,26)27)30-21(12)28-15-7-9-32(10-8-15)23(34)35-4/h5-6,11,15,33H,7-10H2,1-4H3,(H,28,29,30). The summed E-state index contributed by atoms with van der Waals surface area (Å²) in [5, 5.41) is 17.3. The SMILES string of the molecule is COC(=O)N1CCC(Nc2nc(-c3cc(O)ccc3C(F)(F)F)nc(-c3c(C)noc3C)c2C)CC1. The normalized spacial score (nSPS) is 14.7. The van der Waals surface area contributed by atoms with Gasteiger partial charge >= 0.3 is 12.3 Å². The number of alkyl halides is 3. The highest BCUT2D eigenvalue weighted by atomic mass is 19.4. The summed E-state index contributed by atoms with van der Waals surface area (Å²) >= 11 is 0. The maximum Gasteiger partial charge on any atom is 0.417 e. The maximum absolute atomic E-state index is 13.8. The Morgan fingerprint density at radius 2 is 1.89 bits per heavy atom. The molecule has 1 amide bonds. The van der Waals surface area contributed by atoms with Crippen molar-refractivity contribution in [1.82, 2.24) is 20.0 Å². The van der Waals surface area contributed by atoms with Gasteiger partial charge in [0.2, 0.25) is 0 Å². The van der Waals surface area contributed by atoms with Crippen molar-refractivity contribution >= 4 is 11.9 Å². The number of piperidine rings is 1. The number of anilines is 1. The quantitative estimate of drug-likeness (QED) is 0.504. The molecule has 1 saturated heterocycles. The molecular weight excluding hydrogens is 479 g/mol. The van der Waals surface area contributed by atoms with Crippen LogP contribution < -0.4 is 5.32 Å². The first-order chi connectivity index (χ1) is 17.0. The Kier molecular flexibility index (Phi) is 6.79. The van der Waals surface area contributed by atoms with Crippen molar-refractivity contribution in [3.05, 3.63) is 40.8 Å². The molecule has 3 aromatic rings. The van der Waals surface area contributed by atoms with Crippen molar-refractivity contribution in [3.63, 3.8) is 0 Å². The van der Waals surface area contributed by atoms with E-state index in [1.807, 2.05) is 0 Å². The molecule has 1 aliphatic heterocycles. The first-order valence-electron chi connectivity index (χ1n) is 11.3. The number of amides is 1. The lowest BCUT2D eigenvalue weighted by molar-refractivity contribution is -0.137. The number of nitrogens with one attached hydrogen (secondary N) is 1. The summed E-state index contributed by atoms with van der Waals surface area (Å²) in [7, 11) is 1.32. The van der Waals surface area contributed by atoms with Gasteiger partial charge in [0.15, 0.2) is 5.82 Å². The number of aromatic hydroxyl groups is 1. The number of methoxy groups -OCH3 is 1. The number of halogens is 3. The van der Waals surface area contributed by atoms with Gasteiger partial charge in [-0.3, -0.25) is 0 Å². The summed E-state index contributed by atoms with van der Waals surface area (Å²) in [6.45, 7) is 6.11. The molecule has 0 unspecified atom stereocenters. The molecule has 12 heteroatoms. The van der Waals surface area contributed by atoms with Crippen LogP contribution in [0.25, 0.3) is 22.6 Å². The highest BCUT2D eigenvalue weighted by Gasteiger charge is 2.35. The van der Waals surface area contributed by atoms with Crippen LogP contribution in [0, 0.1) is 20.8 Å². The summed E-state index contributed by atoms with van der Waals surface area (Å²) in [5.74, 6) is 0.270. The maximum atomic E-state index is 13.8. The molecule has 192 valence electrons. The molecular formula is C24H26F3N5O4. The monoisotopic (exact) mass is 505 g/mol. The van der Waals surface area contributed by atoms with E-state index in [9.17, 15) is 23.1 Å². The van der Waals surface area contributed by atoms with Gasteiger partial charge in [-0.05, 0) is 51.8 Å². The zero-order valence-electron chi connectivity index (χ0n) is 20.2. The molecule has 0 aliphatic carbocycles. The lowest BCUT2D eigenvalue weighted by Crippen LogP contribution is -2.42. The number of hydrogen-bond acceptors (Lipinski definition) is 8. The third-order valence-electron chi connectivity index (χ3n) is 6.23. The molecule has 3 heterocycles. The molecule has 2 N–H and O–H groups in total. The van der Waals surface area contributed by atoms with Gasteiger partial charge in [-0.1, -0.05) is 5.16 Å².